The highest BCUT2D eigenvalue weighted by atomic mass is 16.6. The first kappa shape index (κ1) is 16.7. The third-order valence-electron chi connectivity index (χ3n) is 4.50. The smallest absolute Gasteiger partial charge is 0.323 e. The van der Waals surface area contributed by atoms with E-state index in [2.05, 4.69) is 6.58 Å². The molecule has 22 heavy (non-hydrogen) atoms. The summed E-state index contributed by atoms with van der Waals surface area (Å²) in [5.74, 6) is -1.17. The lowest BCUT2D eigenvalue weighted by molar-refractivity contribution is -0.172. The van der Waals surface area contributed by atoms with Crippen LogP contribution < -0.4 is 0 Å². The van der Waals surface area contributed by atoms with E-state index in [0.717, 1.165) is 5.57 Å². The molecule has 1 heterocycles. The molecule has 0 aromatic heterocycles. The number of esters is 2. The quantitative estimate of drug-likeness (QED) is 0.443. The van der Waals surface area contributed by atoms with E-state index in [1.807, 2.05) is 19.1 Å². The highest BCUT2D eigenvalue weighted by molar-refractivity contribution is 6.01. The number of carbonyl (C=O) groups is 2. The zero-order valence-corrected chi connectivity index (χ0v) is 13.5. The molecule has 122 valence electrons. The number of rotatable bonds is 5. The van der Waals surface area contributed by atoms with Gasteiger partial charge >= 0.3 is 11.9 Å². The second-order valence-electron chi connectivity index (χ2n) is 5.97. The van der Waals surface area contributed by atoms with Gasteiger partial charge in [-0.2, -0.15) is 0 Å². The van der Waals surface area contributed by atoms with E-state index in [0.29, 0.717) is 13.0 Å². The molecule has 1 fully saturated rings. The highest BCUT2D eigenvalue weighted by Gasteiger charge is 2.64. The first-order chi connectivity index (χ1) is 10.4. The number of ether oxygens (including phenoxy) is 3. The third kappa shape index (κ3) is 2.58. The Balaban J connectivity index is 2.42. The van der Waals surface area contributed by atoms with Gasteiger partial charge in [0, 0.05) is 12.3 Å². The molecule has 0 bridgehead atoms. The van der Waals surface area contributed by atoms with E-state index in [1.165, 1.54) is 0 Å². The Kier molecular flexibility index (Phi) is 4.75. The van der Waals surface area contributed by atoms with Gasteiger partial charge in [-0.1, -0.05) is 24.3 Å². The Morgan fingerprint density at radius 1 is 1.27 bits per heavy atom. The molecule has 0 radical (unpaired) electrons. The third-order valence-corrected chi connectivity index (χ3v) is 4.50. The van der Waals surface area contributed by atoms with Crippen molar-refractivity contribution in [2.45, 2.75) is 39.2 Å². The van der Waals surface area contributed by atoms with Crippen LogP contribution in [0.2, 0.25) is 0 Å². The predicted molar refractivity (Wildman–Crippen MR) is 81.1 cm³/mol. The summed E-state index contributed by atoms with van der Waals surface area (Å²) in [6.45, 7) is 10.3. The van der Waals surface area contributed by atoms with Gasteiger partial charge in [0.1, 0.15) is 0 Å². The van der Waals surface area contributed by atoms with Gasteiger partial charge in [-0.3, -0.25) is 9.59 Å². The Morgan fingerprint density at radius 3 is 2.27 bits per heavy atom. The molecule has 1 aliphatic heterocycles. The van der Waals surface area contributed by atoms with Crippen molar-refractivity contribution >= 4 is 11.9 Å². The Morgan fingerprint density at radius 2 is 1.86 bits per heavy atom. The van der Waals surface area contributed by atoms with Crippen molar-refractivity contribution in [1.29, 1.82) is 0 Å². The van der Waals surface area contributed by atoms with Gasteiger partial charge in [-0.15, -0.1) is 0 Å². The molecule has 5 heteroatoms. The van der Waals surface area contributed by atoms with Crippen LogP contribution in [-0.4, -0.2) is 37.4 Å². The average Bonchev–Trinajstić information content (AvgIpc) is 3.06. The number of carbonyl (C=O) groups excluding carboxylic acids is 2. The molecule has 2 unspecified atom stereocenters. The maximum absolute atomic E-state index is 12.6. The van der Waals surface area contributed by atoms with E-state index in [4.69, 9.17) is 14.2 Å². The SMILES string of the molecule is C=C(C)C1CC(C(=O)OCC)(C(=O)OCC)CC12C=CCO2. The normalized spacial score (nSPS) is 28.8. The molecule has 0 aromatic rings. The van der Waals surface area contributed by atoms with Crippen molar-refractivity contribution in [2.24, 2.45) is 11.3 Å². The topological polar surface area (TPSA) is 61.8 Å². The van der Waals surface area contributed by atoms with Gasteiger partial charge in [0.2, 0.25) is 0 Å². The summed E-state index contributed by atoms with van der Waals surface area (Å²) >= 11 is 0. The summed E-state index contributed by atoms with van der Waals surface area (Å²) in [6.07, 6.45) is 4.42. The molecule has 0 amide bonds. The second-order valence-corrected chi connectivity index (χ2v) is 5.97. The molecule has 1 saturated carbocycles. The number of hydrogen-bond donors (Lipinski definition) is 0. The Hall–Kier alpha value is -1.62. The van der Waals surface area contributed by atoms with Crippen LogP contribution in [0.15, 0.2) is 24.3 Å². The van der Waals surface area contributed by atoms with Gasteiger partial charge in [0.15, 0.2) is 5.41 Å². The molecular weight excluding hydrogens is 284 g/mol. The second kappa shape index (κ2) is 6.24. The van der Waals surface area contributed by atoms with Crippen molar-refractivity contribution in [3.05, 3.63) is 24.3 Å². The van der Waals surface area contributed by atoms with Crippen LogP contribution in [0.3, 0.4) is 0 Å². The average molecular weight is 308 g/mol. The standard InChI is InChI=1S/C17H24O5/c1-5-20-14(18)16(15(19)21-6-2)10-13(12(3)4)17(11-16)8-7-9-22-17/h7-8,13H,3,5-6,9-11H2,1-2,4H3. The molecule has 1 aliphatic carbocycles. The fourth-order valence-corrected chi connectivity index (χ4v) is 3.54. The minimum Gasteiger partial charge on any atom is -0.465 e. The largest absolute Gasteiger partial charge is 0.465 e. The summed E-state index contributed by atoms with van der Waals surface area (Å²) in [5.41, 5.74) is -1.09. The molecule has 0 saturated heterocycles. The first-order valence-corrected chi connectivity index (χ1v) is 7.73. The minimum atomic E-state index is -1.32. The zero-order chi connectivity index (χ0) is 16.4. The van der Waals surface area contributed by atoms with Crippen LogP contribution >= 0.6 is 0 Å². The first-order valence-electron chi connectivity index (χ1n) is 7.73. The van der Waals surface area contributed by atoms with Crippen molar-refractivity contribution in [2.75, 3.05) is 19.8 Å². The lowest BCUT2D eigenvalue weighted by Gasteiger charge is -2.29. The summed E-state index contributed by atoms with van der Waals surface area (Å²) in [7, 11) is 0. The fraction of sp³-hybridized carbons (Fsp3) is 0.647. The monoisotopic (exact) mass is 308 g/mol. The molecule has 0 N–H and O–H groups in total. The van der Waals surface area contributed by atoms with Crippen LogP contribution in [0, 0.1) is 11.3 Å². The fourth-order valence-electron chi connectivity index (χ4n) is 3.54. The van der Waals surface area contributed by atoms with E-state index in [1.54, 1.807) is 13.8 Å². The van der Waals surface area contributed by atoms with Gasteiger partial charge < -0.3 is 14.2 Å². The van der Waals surface area contributed by atoms with Gasteiger partial charge in [-0.05, 0) is 27.2 Å². The van der Waals surface area contributed by atoms with Gasteiger partial charge in [0.25, 0.3) is 0 Å². The maximum atomic E-state index is 12.6. The summed E-state index contributed by atoms with van der Waals surface area (Å²) < 4.78 is 16.3. The molecule has 2 atom stereocenters. The lowest BCUT2D eigenvalue weighted by Crippen LogP contribution is -2.42. The van der Waals surface area contributed by atoms with E-state index in [-0.39, 0.29) is 25.6 Å². The summed E-state index contributed by atoms with van der Waals surface area (Å²) in [4.78, 5) is 25.1. The molecule has 2 rings (SSSR count). The van der Waals surface area contributed by atoms with Crippen molar-refractivity contribution < 1.29 is 23.8 Å². The Bertz CT molecular complexity index is 489. The van der Waals surface area contributed by atoms with Crippen LogP contribution in [0.1, 0.15) is 33.6 Å². The predicted octanol–water partition coefficient (Wildman–Crippen LogP) is 2.41. The lowest BCUT2D eigenvalue weighted by atomic mass is 9.84. The zero-order valence-electron chi connectivity index (χ0n) is 13.5. The van der Waals surface area contributed by atoms with Gasteiger partial charge in [0.05, 0.1) is 25.4 Å². The van der Waals surface area contributed by atoms with Gasteiger partial charge in [-0.25, -0.2) is 0 Å². The molecule has 5 nitrogen and oxygen atoms in total. The minimum absolute atomic E-state index is 0.111. The van der Waals surface area contributed by atoms with Crippen LogP contribution in [0.25, 0.3) is 0 Å². The summed E-state index contributed by atoms with van der Waals surface area (Å²) in [5, 5.41) is 0. The molecular formula is C17H24O5. The molecule has 1 spiro atoms. The van der Waals surface area contributed by atoms with Crippen LogP contribution in [-0.2, 0) is 23.8 Å². The van der Waals surface area contributed by atoms with E-state index >= 15 is 0 Å². The van der Waals surface area contributed by atoms with E-state index in [9.17, 15) is 9.59 Å². The molecule has 0 aromatic carbocycles. The van der Waals surface area contributed by atoms with E-state index < -0.39 is 23.0 Å². The van der Waals surface area contributed by atoms with Crippen LogP contribution in [0.4, 0.5) is 0 Å². The van der Waals surface area contributed by atoms with Crippen molar-refractivity contribution in [1.82, 2.24) is 0 Å². The number of hydrogen-bond acceptors (Lipinski definition) is 5. The maximum Gasteiger partial charge on any atom is 0.323 e. The van der Waals surface area contributed by atoms with Crippen molar-refractivity contribution in [3.63, 3.8) is 0 Å². The molecule has 2 aliphatic rings. The summed E-state index contributed by atoms with van der Waals surface area (Å²) in [6, 6.07) is 0. The van der Waals surface area contributed by atoms with Crippen molar-refractivity contribution in [3.8, 4) is 0 Å². The Labute approximate surface area is 131 Å². The van der Waals surface area contributed by atoms with Crippen LogP contribution in [0.5, 0.6) is 0 Å². The highest BCUT2D eigenvalue weighted by Crippen LogP contribution is 2.55.